The van der Waals surface area contributed by atoms with Crippen LogP contribution in [0.15, 0.2) is 40.9 Å². The van der Waals surface area contributed by atoms with E-state index >= 15 is 0 Å². The summed E-state index contributed by atoms with van der Waals surface area (Å²) in [6, 6.07) is 12.1. The fourth-order valence-electron chi connectivity index (χ4n) is 2.12. The highest BCUT2D eigenvalue weighted by Crippen LogP contribution is 2.28. The number of hydrogen-bond donors (Lipinski definition) is 2. The van der Waals surface area contributed by atoms with Gasteiger partial charge in [-0.25, -0.2) is 0 Å². The van der Waals surface area contributed by atoms with Crippen LogP contribution >= 0.6 is 28.3 Å². The molecular formula is C16H21BrClN3O. The zero-order chi connectivity index (χ0) is 15.4. The highest BCUT2D eigenvalue weighted by atomic mass is 79.9. The second kappa shape index (κ2) is 8.36. The number of carbonyl (C=O) groups excluding carboxylic acids is 1. The first-order chi connectivity index (χ1) is 10.0. The Morgan fingerprint density at radius 2 is 1.95 bits per heavy atom. The van der Waals surface area contributed by atoms with Crippen LogP contribution in [0, 0.1) is 0 Å². The van der Waals surface area contributed by atoms with Gasteiger partial charge in [-0.05, 0) is 32.2 Å². The van der Waals surface area contributed by atoms with Gasteiger partial charge in [0.25, 0.3) is 5.91 Å². The molecule has 0 saturated carbocycles. The van der Waals surface area contributed by atoms with Crippen molar-refractivity contribution in [3.63, 3.8) is 0 Å². The lowest BCUT2D eigenvalue weighted by molar-refractivity contribution is 0.0942. The van der Waals surface area contributed by atoms with Gasteiger partial charge < -0.3 is 15.2 Å². The lowest BCUT2D eigenvalue weighted by atomic mass is 10.1. The fraction of sp³-hybridized carbons (Fsp3) is 0.312. The number of hydrogen-bond acceptors (Lipinski definition) is 2. The van der Waals surface area contributed by atoms with Crippen molar-refractivity contribution < 1.29 is 4.79 Å². The Labute approximate surface area is 145 Å². The third kappa shape index (κ3) is 4.12. The van der Waals surface area contributed by atoms with Crippen LogP contribution in [0.3, 0.4) is 0 Å². The number of carbonyl (C=O) groups is 1. The van der Waals surface area contributed by atoms with E-state index in [9.17, 15) is 4.79 Å². The Balaban J connectivity index is 0.00000242. The van der Waals surface area contributed by atoms with E-state index in [1.165, 1.54) is 0 Å². The normalized spacial score (nSPS) is 11.6. The zero-order valence-corrected chi connectivity index (χ0v) is 15.3. The van der Waals surface area contributed by atoms with Crippen molar-refractivity contribution in [2.45, 2.75) is 13.0 Å². The summed E-state index contributed by atoms with van der Waals surface area (Å²) in [5.74, 6) is -0.0575. The minimum atomic E-state index is -0.0575. The summed E-state index contributed by atoms with van der Waals surface area (Å²) in [6.45, 7) is 2.63. The smallest absolute Gasteiger partial charge is 0.267 e. The molecule has 6 heteroatoms. The molecule has 0 aliphatic rings. The van der Waals surface area contributed by atoms with Crippen molar-refractivity contribution in [1.29, 1.82) is 0 Å². The molecule has 0 saturated heterocycles. The molecule has 0 spiro atoms. The molecule has 22 heavy (non-hydrogen) atoms. The Bertz CT molecular complexity index is 642. The van der Waals surface area contributed by atoms with Gasteiger partial charge in [0.1, 0.15) is 5.69 Å². The summed E-state index contributed by atoms with van der Waals surface area (Å²) in [5.41, 5.74) is 2.74. The second-order valence-electron chi connectivity index (χ2n) is 5.04. The maximum absolute atomic E-state index is 12.2. The second-order valence-corrected chi connectivity index (χ2v) is 5.90. The minimum Gasteiger partial charge on any atom is -0.349 e. The summed E-state index contributed by atoms with van der Waals surface area (Å²) in [6.07, 6.45) is 0. The van der Waals surface area contributed by atoms with Crippen LogP contribution in [-0.4, -0.2) is 30.1 Å². The van der Waals surface area contributed by atoms with Gasteiger partial charge in [-0.3, -0.25) is 4.79 Å². The summed E-state index contributed by atoms with van der Waals surface area (Å²) in [4.78, 5) is 12.2. The molecule has 1 unspecified atom stereocenters. The number of rotatable bonds is 5. The predicted octanol–water partition coefficient (Wildman–Crippen LogP) is 3.21. The van der Waals surface area contributed by atoms with Crippen molar-refractivity contribution in [1.82, 2.24) is 15.2 Å². The third-order valence-corrected chi connectivity index (χ3v) is 4.26. The first-order valence-electron chi connectivity index (χ1n) is 6.90. The van der Waals surface area contributed by atoms with Crippen LogP contribution in [-0.2, 0) is 7.05 Å². The molecule has 1 aromatic carbocycles. The average molecular weight is 387 g/mol. The predicted molar refractivity (Wildman–Crippen MR) is 96.7 cm³/mol. The van der Waals surface area contributed by atoms with Gasteiger partial charge >= 0.3 is 0 Å². The molecule has 2 N–H and O–H groups in total. The van der Waals surface area contributed by atoms with E-state index in [-0.39, 0.29) is 24.4 Å². The van der Waals surface area contributed by atoms with E-state index in [1.54, 1.807) is 0 Å². The van der Waals surface area contributed by atoms with Gasteiger partial charge in [0, 0.05) is 35.4 Å². The van der Waals surface area contributed by atoms with Gasteiger partial charge in [-0.2, -0.15) is 0 Å². The van der Waals surface area contributed by atoms with E-state index in [1.807, 2.05) is 62.0 Å². The van der Waals surface area contributed by atoms with Gasteiger partial charge in [-0.1, -0.05) is 34.1 Å². The zero-order valence-electron chi connectivity index (χ0n) is 12.9. The van der Waals surface area contributed by atoms with Crippen molar-refractivity contribution in [2.24, 2.45) is 7.05 Å². The first kappa shape index (κ1) is 18.7. The van der Waals surface area contributed by atoms with Crippen molar-refractivity contribution in [3.8, 4) is 11.3 Å². The summed E-state index contributed by atoms with van der Waals surface area (Å²) < 4.78 is 2.93. The Morgan fingerprint density at radius 3 is 2.59 bits per heavy atom. The quantitative estimate of drug-likeness (QED) is 0.829. The SMILES string of the molecule is CNC(C)CNC(=O)c1ccc(-c2ccccc2Br)n1C.Cl. The molecule has 0 radical (unpaired) electrons. The molecule has 1 heterocycles. The Kier molecular flexibility index (Phi) is 7.13. The van der Waals surface area contributed by atoms with Crippen LogP contribution in [0.5, 0.6) is 0 Å². The van der Waals surface area contributed by atoms with Crippen LogP contribution < -0.4 is 10.6 Å². The lowest BCUT2D eigenvalue weighted by Crippen LogP contribution is -2.37. The highest BCUT2D eigenvalue weighted by molar-refractivity contribution is 9.10. The van der Waals surface area contributed by atoms with E-state index in [4.69, 9.17) is 0 Å². The largest absolute Gasteiger partial charge is 0.349 e. The van der Waals surface area contributed by atoms with Gasteiger partial charge in [0.2, 0.25) is 0 Å². The third-order valence-electron chi connectivity index (χ3n) is 3.57. The van der Waals surface area contributed by atoms with Crippen LogP contribution in [0.25, 0.3) is 11.3 Å². The number of benzene rings is 1. The van der Waals surface area contributed by atoms with Crippen LogP contribution in [0.2, 0.25) is 0 Å². The minimum absolute atomic E-state index is 0. The topological polar surface area (TPSA) is 46.1 Å². The Hall–Kier alpha value is -1.30. The number of amides is 1. The van der Waals surface area contributed by atoms with E-state index in [0.717, 1.165) is 15.7 Å². The molecule has 120 valence electrons. The van der Waals surface area contributed by atoms with E-state index in [0.29, 0.717) is 12.2 Å². The number of nitrogens with zero attached hydrogens (tertiary/aromatic N) is 1. The van der Waals surface area contributed by atoms with E-state index in [2.05, 4.69) is 26.6 Å². The molecule has 1 atom stereocenters. The highest BCUT2D eigenvalue weighted by Gasteiger charge is 2.15. The number of nitrogens with one attached hydrogen (secondary N) is 2. The van der Waals surface area contributed by atoms with Gasteiger partial charge in [0.15, 0.2) is 0 Å². The maximum Gasteiger partial charge on any atom is 0.267 e. The maximum atomic E-state index is 12.2. The van der Waals surface area contributed by atoms with Crippen LogP contribution in [0.4, 0.5) is 0 Å². The molecule has 4 nitrogen and oxygen atoms in total. The van der Waals surface area contributed by atoms with Crippen LogP contribution in [0.1, 0.15) is 17.4 Å². The van der Waals surface area contributed by atoms with Crippen molar-refractivity contribution in [2.75, 3.05) is 13.6 Å². The molecule has 0 bridgehead atoms. The van der Waals surface area contributed by atoms with Crippen molar-refractivity contribution >= 4 is 34.2 Å². The molecule has 0 aliphatic heterocycles. The summed E-state index contributed by atoms with van der Waals surface area (Å²) in [7, 11) is 3.79. The molecule has 2 rings (SSSR count). The molecular weight excluding hydrogens is 366 g/mol. The van der Waals surface area contributed by atoms with E-state index < -0.39 is 0 Å². The summed E-state index contributed by atoms with van der Waals surface area (Å²) >= 11 is 3.55. The average Bonchev–Trinajstić information content (AvgIpc) is 2.86. The molecule has 1 amide bonds. The van der Waals surface area contributed by atoms with Crippen molar-refractivity contribution in [3.05, 3.63) is 46.6 Å². The molecule has 2 aromatic rings. The number of halogens is 2. The summed E-state index contributed by atoms with van der Waals surface area (Å²) in [5, 5.41) is 6.03. The first-order valence-corrected chi connectivity index (χ1v) is 7.70. The number of likely N-dealkylation sites (N-methyl/N-ethyl adjacent to an activating group) is 1. The lowest BCUT2D eigenvalue weighted by Gasteiger charge is -2.13. The monoisotopic (exact) mass is 385 g/mol. The molecule has 0 aliphatic carbocycles. The van der Waals surface area contributed by atoms with Gasteiger partial charge in [0.05, 0.1) is 0 Å². The molecule has 0 fully saturated rings. The Morgan fingerprint density at radius 1 is 1.27 bits per heavy atom. The number of aromatic nitrogens is 1. The van der Waals surface area contributed by atoms with Gasteiger partial charge in [-0.15, -0.1) is 12.4 Å². The molecule has 1 aromatic heterocycles. The standard InChI is InChI=1S/C16H20BrN3O.ClH/c1-11(18-2)10-19-16(21)15-9-8-14(20(15)3)12-6-4-5-7-13(12)17;/h4-9,11,18H,10H2,1-3H3,(H,19,21);1H. The fourth-order valence-corrected chi connectivity index (χ4v) is 2.60.